The minimum Gasteiger partial charge on any atom is -0.293 e. The van der Waals surface area contributed by atoms with Crippen molar-refractivity contribution in [2.24, 2.45) is 0 Å². The van der Waals surface area contributed by atoms with Crippen LogP contribution < -0.4 is 0 Å². The molecule has 0 radical (unpaired) electrons. The van der Waals surface area contributed by atoms with Crippen LogP contribution in [-0.2, 0) is 12.8 Å². The van der Waals surface area contributed by atoms with Gasteiger partial charge < -0.3 is 0 Å². The highest BCUT2D eigenvalue weighted by Gasteiger charge is 2.28. The van der Waals surface area contributed by atoms with Gasteiger partial charge in [0.2, 0.25) is 0 Å². The van der Waals surface area contributed by atoms with Crippen LogP contribution >= 0.6 is 12.4 Å². The second-order valence-corrected chi connectivity index (χ2v) is 6.96. The maximum absolute atomic E-state index is 13.1. The van der Waals surface area contributed by atoms with E-state index in [-0.39, 0.29) is 18.4 Å². The Bertz CT molecular complexity index is 522. The number of carbonyl (C=O) groups excluding carboxylic acids is 1. The molecule has 0 aromatic heterocycles. The Hall–Kier alpha value is -0.860. The third kappa shape index (κ3) is 4.36. The molecule has 1 atom stereocenters. The molecular formula is C20H30ClNO. The van der Waals surface area contributed by atoms with Crippen LogP contribution in [0.25, 0.3) is 0 Å². The Kier molecular flexibility index (Phi) is 7.10. The Morgan fingerprint density at radius 1 is 1.09 bits per heavy atom. The lowest BCUT2D eigenvalue weighted by molar-refractivity contribution is 0.0835. The van der Waals surface area contributed by atoms with Crippen molar-refractivity contribution in [3.63, 3.8) is 0 Å². The van der Waals surface area contributed by atoms with Gasteiger partial charge in [-0.15, -0.1) is 12.4 Å². The van der Waals surface area contributed by atoms with E-state index in [1.807, 2.05) is 0 Å². The number of hydrogen-bond donors (Lipinski definition) is 0. The number of carbonyl (C=O) groups is 1. The van der Waals surface area contributed by atoms with Gasteiger partial charge in [-0.1, -0.05) is 31.9 Å². The molecule has 1 heterocycles. The van der Waals surface area contributed by atoms with Gasteiger partial charge in [0.05, 0.1) is 6.04 Å². The van der Waals surface area contributed by atoms with Crippen LogP contribution in [0.1, 0.15) is 73.4 Å². The highest BCUT2D eigenvalue weighted by atomic mass is 35.5. The summed E-state index contributed by atoms with van der Waals surface area (Å²) in [5, 5.41) is 0. The Morgan fingerprint density at radius 2 is 1.78 bits per heavy atom. The molecule has 128 valence electrons. The van der Waals surface area contributed by atoms with Crippen LogP contribution in [0.3, 0.4) is 0 Å². The maximum atomic E-state index is 13.1. The normalized spacial score (nSPS) is 19.0. The largest absolute Gasteiger partial charge is 0.293 e. The predicted molar refractivity (Wildman–Crippen MR) is 98.8 cm³/mol. The van der Waals surface area contributed by atoms with E-state index in [2.05, 4.69) is 30.0 Å². The summed E-state index contributed by atoms with van der Waals surface area (Å²) >= 11 is 0. The van der Waals surface area contributed by atoms with Crippen LogP contribution in [-0.4, -0.2) is 29.8 Å². The number of likely N-dealkylation sites (tertiary alicyclic amines) is 1. The van der Waals surface area contributed by atoms with Crippen molar-refractivity contribution in [2.75, 3.05) is 13.1 Å². The van der Waals surface area contributed by atoms with Crippen LogP contribution in [0.4, 0.5) is 0 Å². The smallest absolute Gasteiger partial charge is 0.179 e. The number of ketones is 1. The average Bonchev–Trinajstić information content (AvgIpc) is 3.09. The molecule has 0 saturated carbocycles. The number of unbranched alkanes of at least 4 members (excludes halogenated alkanes) is 1. The molecule has 1 aliphatic carbocycles. The van der Waals surface area contributed by atoms with Crippen molar-refractivity contribution in [3.8, 4) is 0 Å². The van der Waals surface area contributed by atoms with Gasteiger partial charge >= 0.3 is 0 Å². The lowest BCUT2D eigenvalue weighted by Gasteiger charge is -2.27. The quantitative estimate of drug-likeness (QED) is 0.694. The zero-order valence-electron chi connectivity index (χ0n) is 14.4. The Balaban J connectivity index is 0.00000192. The molecule has 3 heteroatoms. The average molecular weight is 336 g/mol. The first-order valence-corrected chi connectivity index (χ1v) is 9.19. The summed E-state index contributed by atoms with van der Waals surface area (Å²) in [6.45, 7) is 4.42. The Morgan fingerprint density at radius 3 is 2.48 bits per heavy atom. The van der Waals surface area contributed by atoms with Gasteiger partial charge in [0.15, 0.2) is 5.78 Å². The van der Waals surface area contributed by atoms with E-state index < -0.39 is 0 Å². The molecule has 1 aliphatic heterocycles. The topological polar surface area (TPSA) is 20.3 Å². The summed E-state index contributed by atoms with van der Waals surface area (Å²) in [5.74, 6) is 0.365. The van der Waals surface area contributed by atoms with Crippen LogP contribution in [0.15, 0.2) is 18.2 Å². The molecule has 1 saturated heterocycles. The lowest BCUT2D eigenvalue weighted by Crippen LogP contribution is -2.39. The van der Waals surface area contributed by atoms with E-state index in [1.54, 1.807) is 0 Å². The number of rotatable bonds is 6. The van der Waals surface area contributed by atoms with E-state index in [0.717, 1.165) is 37.9 Å². The minimum absolute atomic E-state index is 0. The van der Waals surface area contributed by atoms with Gasteiger partial charge in [0.25, 0.3) is 0 Å². The van der Waals surface area contributed by atoms with Gasteiger partial charge in [-0.2, -0.15) is 0 Å². The summed E-state index contributed by atoms with van der Waals surface area (Å²) in [5.41, 5.74) is 3.84. The van der Waals surface area contributed by atoms with Crippen LogP contribution in [0, 0.1) is 0 Å². The predicted octanol–water partition coefficient (Wildman–Crippen LogP) is 4.82. The first-order valence-electron chi connectivity index (χ1n) is 9.19. The zero-order chi connectivity index (χ0) is 15.4. The van der Waals surface area contributed by atoms with Gasteiger partial charge in [-0.05, 0) is 75.2 Å². The Labute approximate surface area is 147 Å². The van der Waals surface area contributed by atoms with Gasteiger partial charge in [-0.25, -0.2) is 0 Å². The van der Waals surface area contributed by atoms with Gasteiger partial charge in [0, 0.05) is 5.56 Å². The van der Waals surface area contributed by atoms with Gasteiger partial charge in [-0.3, -0.25) is 9.69 Å². The molecule has 1 aromatic rings. The molecule has 23 heavy (non-hydrogen) atoms. The second-order valence-electron chi connectivity index (χ2n) is 6.96. The number of Topliss-reactive ketones (excluding diaryl/α,β-unsaturated/α-hetero) is 1. The number of halogens is 1. The van der Waals surface area contributed by atoms with E-state index in [1.165, 1.54) is 49.7 Å². The summed E-state index contributed by atoms with van der Waals surface area (Å²) in [6.07, 6.45) is 10.8. The number of benzene rings is 1. The molecule has 1 fully saturated rings. The number of fused-ring (bicyclic) bond motifs is 1. The number of hydrogen-bond acceptors (Lipinski definition) is 2. The van der Waals surface area contributed by atoms with Crippen molar-refractivity contribution < 1.29 is 4.79 Å². The fourth-order valence-corrected chi connectivity index (χ4v) is 4.01. The van der Waals surface area contributed by atoms with Gasteiger partial charge in [0.1, 0.15) is 0 Å². The SMILES string of the molecule is CCCCC(C(=O)c1ccc2c(c1)CCCC2)N1CCCC1.Cl. The first-order chi connectivity index (χ1) is 10.8. The third-order valence-electron chi connectivity index (χ3n) is 5.35. The van der Waals surface area contributed by atoms with E-state index >= 15 is 0 Å². The molecule has 1 unspecified atom stereocenters. The summed E-state index contributed by atoms with van der Waals surface area (Å²) in [6, 6.07) is 6.61. The fraction of sp³-hybridized carbons (Fsp3) is 0.650. The molecule has 1 aromatic carbocycles. The zero-order valence-corrected chi connectivity index (χ0v) is 15.2. The molecule has 0 N–H and O–H groups in total. The third-order valence-corrected chi connectivity index (χ3v) is 5.35. The lowest BCUT2D eigenvalue weighted by atomic mass is 9.88. The highest BCUT2D eigenvalue weighted by molar-refractivity contribution is 6.00. The van der Waals surface area contributed by atoms with E-state index in [4.69, 9.17) is 0 Å². The first kappa shape index (κ1) is 18.5. The standard InChI is InChI=1S/C20H29NO.ClH/c1-2-3-10-19(21-13-6-7-14-21)20(22)18-12-11-16-8-4-5-9-17(16)15-18;/h11-12,15,19H,2-10,13-14H2,1H3;1H. The van der Waals surface area contributed by atoms with Crippen molar-refractivity contribution >= 4 is 18.2 Å². The number of nitrogens with zero attached hydrogens (tertiary/aromatic N) is 1. The fourth-order valence-electron chi connectivity index (χ4n) is 4.01. The summed E-state index contributed by atoms with van der Waals surface area (Å²) in [4.78, 5) is 15.5. The molecule has 0 bridgehead atoms. The minimum atomic E-state index is 0. The van der Waals surface area contributed by atoms with Crippen molar-refractivity contribution in [1.29, 1.82) is 0 Å². The van der Waals surface area contributed by atoms with E-state index in [0.29, 0.717) is 5.78 Å². The molecule has 3 rings (SSSR count). The van der Waals surface area contributed by atoms with Crippen LogP contribution in [0.2, 0.25) is 0 Å². The molecule has 2 nitrogen and oxygen atoms in total. The molecule has 0 spiro atoms. The summed E-state index contributed by atoms with van der Waals surface area (Å²) in [7, 11) is 0. The van der Waals surface area contributed by atoms with Crippen molar-refractivity contribution in [1.82, 2.24) is 4.90 Å². The monoisotopic (exact) mass is 335 g/mol. The number of aryl methyl sites for hydroxylation is 2. The summed E-state index contributed by atoms with van der Waals surface area (Å²) < 4.78 is 0. The maximum Gasteiger partial charge on any atom is 0.179 e. The highest BCUT2D eigenvalue weighted by Crippen LogP contribution is 2.25. The molecular weight excluding hydrogens is 306 g/mol. The van der Waals surface area contributed by atoms with Crippen LogP contribution in [0.5, 0.6) is 0 Å². The molecule has 2 aliphatic rings. The second kappa shape index (κ2) is 8.84. The van der Waals surface area contributed by atoms with Crippen molar-refractivity contribution in [3.05, 3.63) is 34.9 Å². The van der Waals surface area contributed by atoms with Crippen molar-refractivity contribution in [2.45, 2.75) is 70.8 Å². The molecule has 0 amide bonds. The van der Waals surface area contributed by atoms with E-state index in [9.17, 15) is 4.79 Å².